The zero-order valence-electron chi connectivity index (χ0n) is 16.4. The van der Waals surface area contributed by atoms with Crippen LogP contribution in [0.2, 0.25) is 0 Å². The Morgan fingerprint density at radius 3 is 2.83 bits per heavy atom. The molecule has 4 N–H and O–H groups in total. The van der Waals surface area contributed by atoms with E-state index in [4.69, 9.17) is 10.5 Å². The van der Waals surface area contributed by atoms with Crippen molar-refractivity contribution in [3.05, 3.63) is 58.8 Å². The van der Waals surface area contributed by atoms with Gasteiger partial charge >= 0.3 is 5.97 Å². The van der Waals surface area contributed by atoms with Crippen molar-refractivity contribution >= 4 is 11.8 Å². The van der Waals surface area contributed by atoms with Crippen LogP contribution in [0.25, 0.3) is 11.1 Å². The molecule has 29 heavy (non-hydrogen) atoms. The number of aromatic carboxylic acids is 1. The lowest BCUT2D eigenvalue weighted by atomic mass is 10.0. The van der Waals surface area contributed by atoms with Gasteiger partial charge in [-0.15, -0.1) is 0 Å². The van der Waals surface area contributed by atoms with E-state index in [0.717, 1.165) is 34.6 Å². The maximum Gasteiger partial charge on any atom is 0.336 e. The van der Waals surface area contributed by atoms with E-state index >= 15 is 0 Å². The molecule has 8 nitrogen and oxygen atoms in total. The standard InChI is InChI=1S/C20H22FN5O3/c1-11-18(16(9-23-2)26(3)25-11)12-7-17(19(22)24-8-12)29-10-13-6-14(21)4-5-15(13)20(27)28/h4-8,23H,9-10H2,1-3H3,(H2,22,24)(H,27,28). The number of rotatable bonds is 7. The highest BCUT2D eigenvalue weighted by molar-refractivity contribution is 5.89. The fourth-order valence-electron chi connectivity index (χ4n) is 3.21. The van der Waals surface area contributed by atoms with E-state index in [2.05, 4.69) is 15.4 Å². The average Bonchev–Trinajstić information content (AvgIpc) is 2.94. The van der Waals surface area contributed by atoms with Gasteiger partial charge in [-0.2, -0.15) is 5.10 Å². The number of nitrogens with zero attached hydrogens (tertiary/aromatic N) is 3. The zero-order valence-corrected chi connectivity index (χ0v) is 16.4. The minimum absolute atomic E-state index is 0.0338. The Balaban J connectivity index is 1.94. The van der Waals surface area contributed by atoms with Gasteiger partial charge in [0, 0.05) is 36.5 Å². The van der Waals surface area contributed by atoms with Crippen molar-refractivity contribution in [3.63, 3.8) is 0 Å². The molecule has 0 radical (unpaired) electrons. The molecule has 0 aliphatic heterocycles. The number of nitrogens with two attached hydrogens (primary N) is 1. The number of hydrogen-bond acceptors (Lipinski definition) is 6. The van der Waals surface area contributed by atoms with Gasteiger partial charge in [0.05, 0.1) is 17.0 Å². The quantitative estimate of drug-likeness (QED) is 0.559. The summed E-state index contributed by atoms with van der Waals surface area (Å²) in [5, 5.41) is 16.9. The molecule has 1 aromatic carbocycles. The van der Waals surface area contributed by atoms with Crippen molar-refractivity contribution in [2.24, 2.45) is 7.05 Å². The molecule has 0 saturated heterocycles. The van der Waals surface area contributed by atoms with E-state index in [1.807, 2.05) is 21.0 Å². The number of nitrogens with one attached hydrogen (secondary N) is 1. The zero-order chi connectivity index (χ0) is 21.1. The van der Waals surface area contributed by atoms with E-state index in [1.165, 1.54) is 6.07 Å². The van der Waals surface area contributed by atoms with Gasteiger partial charge in [0.25, 0.3) is 0 Å². The van der Waals surface area contributed by atoms with E-state index < -0.39 is 11.8 Å². The Hall–Kier alpha value is -3.46. The van der Waals surface area contributed by atoms with Crippen LogP contribution in [0.3, 0.4) is 0 Å². The number of aromatic nitrogens is 3. The SMILES string of the molecule is CNCc1c(-c2cnc(N)c(OCc3cc(F)ccc3C(=O)O)c2)c(C)nn1C. The lowest BCUT2D eigenvalue weighted by Crippen LogP contribution is -2.11. The van der Waals surface area contributed by atoms with E-state index in [1.54, 1.807) is 16.9 Å². The molecule has 0 atom stereocenters. The van der Waals surface area contributed by atoms with E-state index in [0.29, 0.717) is 6.54 Å². The smallest absolute Gasteiger partial charge is 0.336 e. The molecule has 0 unspecified atom stereocenters. The molecule has 0 bridgehead atoms. The van der Waals surface area contributed by atoms with Gasteiger partial charge in [0.1, 0.15) is 12.4 Å². The molecule has 0 aliphatic rings. The van der Waals surface area contributed by atoms with Crippen LogP contribution in [0.1, 0.15) is 27.3 Å². The fraction of sp³-hybridized carbons (Fsp3) is 0.250. The van der Waals surface area contributed by atoms with Gasteiger partial charge in [0.2, 0.25) is 0 Å². The summed E-state index contributed by atoms with van der Waals surface area (Å²) < 4.78 is 21.1. The normalized spacial score (nSPS) is 10.9. The summed E-state index contributed by atoms with van der Waals surface area (Å²) in [6.45, 7) is 2.35. The summed E-state index contributed by atoms with van der Waals surface area (Å²) >= 11 is 0. The van der Waals surface area contributed by atoms with Gasteiger partial charge in [0.15, 0.2) is 11.6 Å². The molecular formula is C20H22FN5O3. The van der Waals surface area contributed by atoms with Crippen molar-refractivity contribution in [3.8, 4) is 16.9 Å². The second kappa shape index (κ2) is 8.27. The van der Waals surface area contributed by atoms with Gasteiger partial charge < -0.3 is 20.9 Å². The number of aryl methyl sites for hydroxylation is 2. The summed E-state index contributed by atoms with van der Waals surface area (Å²) in [5.74, 6) is -1.28. The van der Waals surface area contributed by atoms with Crippen LogP contribution in [-0.2, 0) is 20.2 Å². The van der Waals surface area contributed by atoms with Crippen molar-refractivity contribution in [2.45, 2.75) is 20.1 Å². The Morgan fingerprint density at radius 1 is 1.38 bits per heavy atom. The minimum atomic E-state index is -1.16. The van der Waals surface area contributed by atoms with Crippen LogP contribution in [0.5, 0.6) is 5.75 Å². The second-order valence-corrected chi connectivity index (χ2v) is 6.56. The number of carbonyl (C=O) groups is 1. The maximum atomic E-state index is 13.6. The molecule has 0 spiro atoms. The van der Waals surface area contributed by atoms with Crippen molar-refractivity contribution in [2.75, 3.05) is 12.8 Å². The Kier molecular flexibility index (Phi) is 5.79. The summed E-state index contributed by atoms with van der Waals surface area (Å²) in [4.78, 5) is 15.6. The number of pyridine rings is 1. The fourth-order valence-corrected chi connectivity index (χ4v) is 3.21. The van der Waals surface area contributed by atoms with Crippen LogP contribution < -0.4 is 15.8 Å². The summed E-state index contributed by atoms with van der Waals surface area (Å²) in [6.07, 6.45) is 1.64. The van der Waals surface area contributed by atoms with Gasteiger partial charge in [-0.3, -0.25) is 4.68 Å². The van der Waals surface area contributed by atoms with Crippen molar-refractivity contribution < 1.29 is 19.0 Å². The third-order valence-electron chi connectivity index (χ3n) is 4.54. The highest BCUT2D eigenvalue weighted by Gasteiger charge is 2.17. The molecule has 2 heterocycles. The van der Waals surface area contributed by atoms with Gasteiger partial charge in [-0.1, -0.05) is 0 Å². The number of nitrogen functional groups attached to an aromatic ring is 1. The monoisotopic (exact) mass is 399 g/mol. The first kappa shape index (κ1) is 20.3. The first-order valence-electron chi connectivity index (χ1n) is 8.89. The molecule has 0 amide bonds. The highest BCUT2D eigenvalue weighted by Crippen LogP contribution is 2.32. The first-order valence-corrected chi connectivity index (χ1v) is 8.89. The third-order valence-corrected chi connectivity index (χ3v) is 4.54. The molecular weight excluding hydrogens is 377 g/mol. The third kappa shape index (κ3) is 4.19. The second-order valence-electron chi connectivity index (χ2n) is 6.56. The molecule has 2 aromatic heterocycles. The molecule has 0 saturated carbocycles. The highest BCUT2D eigenvalue weighted by atomic mass is 19.1. The number of halogens is 1. The number of anilines is 1. The van der Waals surface area contributed by atoms with Crippen molar-refractivity contribution in [1.82, 2.24) is 20.1 Å². The number of carboxylic acids is 1. The molecule has 9 heteroatoms. The Bertz CT molecular complexity index is 1060. The number of ether oxygens (including phenoxy) is 1. The molecule has 3 aromatic rings. The molecule has 0 fully saturated rings. The summed E-state index contributed by atoms with van der Waals surface area (Å²) in [6, 6.07) is 5.16. The number of carboxylic acid groups (broad SMARTS) is 1. The predicted molar refractivity (Wildman–Crippen MR) is 106 cm³/mol. The topological polar surface area (TPSA) is 115 Å². The van der Waals surface area contributed by atoms with Crippen LogP contribution >= 0.6 is 0 Å². The maximum absolute atomic E-state index is 13.6. The molecule has 3 rings (SSSR count). The van der Waals surface area contributed by atoms with Crippen LogP contribution in [0, 0.1) is 12.7 Å². The Labute approximate surface area is 167 Å². The van der Waals surface area contributed by atoms with Crippen LogP contribution in [-0.4, -0.2) is 32.9 Å². The van der Waals surface area contributed by atoms with Crippen LogP contribution in [0.4, 0.5) is 10.2 Å². The first-order chi connectivity index (χ1) is 13.8. The summed E-state index contributed by atoms with van der Waals surface area (Å²) in [7, 11) is 3.71. The summed E-state index contributed by atoms with van der Waals surface area (Å²) in [5.41, 5.74) is 9.59. The van der Waals surface area contributed by atoms with Gasteiger partial charge in [-0.05, 0) is 38.2 Å². The predicted octanol–water partition coefficient (Wildman–Crippen LogP) is 2.51. The van der Waals surface area contributed by atoms with Gasteiger partial charge in [-0.25, -0.2) is 14.2 Å². The Morgan fingerprint density at radius 2 is 2.14 bits per heavy atom. The van der Waals surface area contributed by atoms with Crippen LogP contribution in [0.15, 0.2) is 30.5 Å². The number of hydrogen-bond donors (Lipinski definition) is 3. The minimum Gasteiger partial charge on any atom is -0.485 e. The molecule has 152 valence electrons. The van der Waals surface area contributed by atoms with E-state index in [-0.39, 0.29) is 29.3 Å². The average molecular weight is 399 g/mol. The van der Waals surface area contributed by atoms with Crippen molar-refractivity contribution in [1.29, 1.82) is 0 Å². The lowest BCUT2D eigenvalue weighted by Gasteiger charge is -2.13. The van der Waals surface area contributed by atoms with E-state index in [9.17, 15) is 14.3 Å². The molecule has 0 aliphatic carbocycles. The largest absolute Gasteiger partial charge is 0.485 e. The lowest BCUT2D eigenvalue weighted by molar-refractivity contribution is 0.0694. The number of benzene rings is 1.